The molecule has 186 valence electrons. The minimum atomic E-state index is -0.303. The summed E-state index contributed by atoms with van der Waals surface area (Å²) in [6.45, 7) is 7.07. The molecular weight excluding hydrogens is 494 g/mol. The van der Waals surface area contributed by atoms with Crippen LogP contribution in [0.5, 0.6) is 11.5 Å². The molecule has 0 radical (unpaired) electrons. The average molecular weight is 522 g/mol. The van der Waals surface area contributed by atoms with Crippen molar-refractivity contribution in [3.63, 3.8) is 0 Å². The summed E-state index contributed by atoms with van der Waals surface area (Å²) < 4.78 is 11.8. The van der Waals surface area contributed by atoms with Gasteiger partial charge < -0.3 is 9.47 Å². The summed E-state index contributed by atoms with van der Waals surface area (Å²) >= 11 is 6.96. The SMILES string of the molecule is Cc1ccc(C(C)C)c(OCCN2C(=O)S/C(=C\c3ccc(OCc4cccc(Cl)c4)cc3)C2=O)c1. The van der Waals surface area contributed by atoms with Crippen molar-refractivity contribution >= 4 is 40.6 Å². The summed E-state index contributed by atoms with van der Waals surface area (Å²) in [6, 6.07) is 21.0. The molecule has 0 aromatic heterocycles. The van der Waals surface area contributed by atoms with E-state index in [1.165, 1.54) is 4.90 Å². The third kappa shape index (κ3) is 6.50. The number of aryl methyl sites for hydroxylation is 1. The Kier molecular flexibility index (Phi) is 8.39. The normalized spacial score (nSPS) is 14.7. The smallest absolute Gasteiger partial charge is 0.293 e. The number of imide groups is 1. The Hall–Kier alpha value is -3.22. The van der Waals surface area contributed by atoms with Gasteiger partial charge in [0.1, 0.15) is 24.7 Å². The molecule has 3 aromatic carbocycles. The fraction of sp³-hybridized carbons (Fsp3) is 0.241. The van der Waals surface area contributed by atoms with Crippen molar-refractivity contribution in [2.24, 2.45) is 0 Å². The van der Waals surface area contributed by atoms with Crippen LogP contribution < -0.4 is 9.47 Å². The van der Waals surface area contributed by atoms with E-state index in [0.29, 0.717) is 28.2 Å². The zero-order valence-electron chi connectivity index (χ0n) is 20.5. The Morgan fingerprint density at radius 3 is 2.50 bits per heavy atom. The van der Waals surface area contributed by atoms with Gasteiger partial charge in [-0.15, -0.1) is 0 Å². The standard InChI is InChI=1S/C29H28ClNO4S/c1-19(2)25-12-7-20(3)15-26(25)34-14-13-31-28(32)27(36-29(31)33)17-21-8-10-24(11-9-21)35-18-22-5-4-6-23(30)16-22/h4-12,15-17,19H,13-14,18H2,1-3H3/b27-17-. The average Bonchev–Trinajstić information content (AvgIpc) is 3.11. The van der Waals surface area contributed by atoms with Gasteiger partial charge in [0.2, 0.25) is 0 Å². The van der Waals surface area contributed by atoms with Gasteiger partial charge >= 0.3 is 0 Å². The molecule has 36 heavy (non-hydrogen) atoms. The first-order valence-electron chi connectivity index (χ1n) is 11.8. The molecule has 1 saturated heterocycles. The molecule has 2 amide bonds. The van der Waals surface area contributed by atoms with E-state index in [1.807, 2.05) is 61.5 Å². The number of thioether (sulfide) groups is 1. The number of ether oxygens (including phenoxy) is 2. The summed E-state index contributed by atoms with van der Waals surface area (Å²) in [5, 5.41) is 0.382. The largest absolute Gasteiger partial charge is 0.491 e. The van der Waals surface area contributed by atoms with Crippen LogP contribution in [0.4, 0.5) is 4.79 Å². The molecule has 0 aliphatic carbocycles. The van der Waals surface area contributed by atoms with Crippen molar-refractivity contribution in [3.05, 3.63) is 98.9 Å². The van der Waals surface area contributed by atoms with Crippen LogP contribution in [-0.4, -0.2) is 29.2 Å². The number of halogens is 1. The predicted octanol–water partition coefficient (Wildman–Crippen LogP) is 7.47. The summed E-state index contributed by atoms with van der Waals surface area (Å²) in [5.74, 6) is 1.51. The zero-order valence-corrected chi connectivity index (χ0v) is 22.1. The van der Waals surface area contributed by atoms with E-state index in [9.17, 15) is 9.59 Å². The Labute approximate surface area is 221 Å². The summed E-state index contributed by atoms with van der Waals surface area (Å²) in [7, 11) is 0. The van der Waals surface area contributed by atoms with Crippen molar-refractivity contribution in [3.8, 4) is 11.5 Å². The minimum absolute atomic E-state index is 0.198. The van der Waals surface area contributed by atoms with E-state index < -0.39 is 0 Å². The van der Waals surface area contributed by atoms with Crippen molar-refractivity contribution < 1.29 is 19.1 Å². The van der Waals surface area contributed by atoms with Gasteiger partial charge in [0, 0.05) is 5.02 Å². The molecule has 4 rings (SSSR count). The predicted molar refractivity (Wildman–Crippen MR) is 146 cm³/mol. The number of amides is 2. The zero-order chi connectivity index (χ0) is 25.7. The van der Waals surface area contributed by atoms with Crippen molar-refractivity contribution in [1.29, 1.82) is 0 Å². The molecule has 1 aliphatic rings. The lowest BCUT2D eigenvalue weighted by atomic mass is 10.0. The maximum atomic E-state index is 12.9. The van der Waals surface area contributed by atoms with E-state index in [4.69, 9.17) is 21.1 Å². The highest BCUT2D eigenvalue weighted by Gasteiger charge is 2.34. The lowest BCUT2D eigenvalue weighted by Gasteiger charge is -2.17. The highest BCUT2D eigenvalue weighted by Crippen LogP contribution is 2.33. The molecule has 7 heteroatoms. The fourth-order valence-electron chi connectivity index (χ4n) is 3.79. The van der Waals surface area contributed by atoms with Gasteiger partial charge in [0.25, 0.3) is 11.1 Å². The van der Waals surface area contributed by atoms with Crippen LogP contribution in [0.3, 0.4) is 0 Å². The van der Waals surface area contributed by atoms with Gasteiger partial charge in [-0.05, 0) is 83.3 Å². The maximum absolute atomic E-state index is 12.9. The number of carbonyl (C=O) groups is 2. The van der Waals surface area contributed by atoms with Gasteiger partial charge in [0.05, 0.1) is 11.4 Å². The lowest BCUT2D eigenvalue weighted by Crippen LogP contribution is -2.32. The van der Waals surface area contributed by atoms with Gasteiger partial charge in [0.15, 0.2) is 0 Å². The van der Waals surface area contributed by atoms with Crippen LogP contribution in [0, 0.1) is 6.92 Å². The molecule has 5 nitrogen and oxygen atoms in total. The second-order valence-corrected chi connectivity index (χ2v) is 10.3. The summed E-state index contributed by atoms with van der Waals surface area (Å²) in [6.07, 6.45) is 1.73. The lowest BCUT2D eigenvalue weighted by molar-refractivity contribution is -0.123. The van der Waals surface area contributed by atoms with Gasteiger partial charge in [-0.1, -0.05) is 61.8 Å². The Balaban J connectivity index is 1.34. The third-order valence-electron chi connectivity index (χ3n) is 5.71. The fourth-order valence-corrected chi connectivity index (χ4v) is 4.87. The monoisotopic (exact) mass is 521 g/mol. The molecule has 0 saturated carbocycles. The van der Waals surface area contributed by atoms with Crippen LogP contribution >= 0.6 is 23.4 Å². The van der Waals surface area contributed by atoms with Crippen molar-refractivity contribution in [1.82, 2.24) is 4.90 Å². The molecule has 1 fully saturated rings. The van der Waals surface area contributed by atoms with Gasteiger partial charge in [-0.3, -0.25) is 14.5 Å². The van der Waals surface area contributed by atoms with Crippen LogP contribution in [0.15, 0.2) is 71.6 Å². The van der Waals surface area contributed by atoms with Crippen LogP contribution in [-0.2, 0) is 11.4 Å². The first kappa shape index (κ1) is 25.9. The highest BCUT2D eigenvalue weighted by molar-refractivity contribution is 8.18. The number of rotatable bonds is 9. The third-order valence-corrected chi connectivity index (χ3v) is 6.85. The maximum Gasteiger partial charge on any atom is 0.293 e. The highest BCUT2D eigenvalue weighted by atomic mass is 35.5. The Morgan fingerprint density at radius 2 is 1.78 bits per heavy atom. The first-order valence-corrected chi connectivity index (χ1v) is 13.0. The first-order chi connectivity index (χ1) is 17.3. The molecule has 1 aliphatic heterocycles. The van der Waals surface area contributed by atoms with Crippen LogP contribution in [0.1, 0.15) is 42.0 Å². The number of nitrogens with zero attached hydrogens (tertiary/aromatic N) is 1. The number of hydrogen-bond donors (Lipinski definition) is 0. The number of benzene rings is 3. The topological polar surface area (TPSA) is 55.8 Å². The molecule has 0 N–H and O–H groups in total. The second kappa shape index (κ2) is 11.7. The van der Waals surface area contributed by atoms with E-state index >= 15 is 0 Å². The summed E-state index contributed by atoms with van der Waals surface area (Å²) in [5.41, 5.74) is 4.00. The molecule has 0 unspecified atom stereocenters. The Bertz CT molecular complexity index is 1290. The number of hydrogen-bond acceptors (Lipinski definition) is 5. The molecule has 0 atom stereocenters. The molecule has 0 spiro atoms. The van der Waals surface area contributed by atoms with E-state index in [2.05, 4.69) is 26.0 Å². The van der Waals surface area contributed by atoms with Crippen LogP contribution in [0.2, 0.25) is 5.02 Å². The van der Waals surface area contributed by atoms with Gasteiger partial charge in [-0.25, -0.2) is 0 Å². The molecule has 3 aromatic rings. The Morgan fingerprint density at radius 1 is 1.00 bits per heavy atom. The van der Waals surface area contributed by atoms with Crippen molar-refractivity contribution in [2.75, 3.05) is 13.2 Å². The minimum Gasteiger partial charge on any atom is -0.491 e. The molecular formula is C29H28ClNO4S. The number of carbonyl (C=O) groups excluding carboxylic acids is 2. The van der Waals surface area contributed by atoms with E-state index in [1.54, 1.807) is 6.08 Å². The van der Waals surface area contributed by atoms with Crippen LogP contribution in [0.25, 0.3) is 6.08 Å². The molecule has 1 heterocycles. The molecule has 0 bridgehead atoms. The van der Waals surface area contributed by atoms with E-state index in [0.717, 1.165) is 39.8 Å². The van der Waals surface area contributed by atoms with Crippen molar-refractivity contribution in [2.45, 2.75) is 33.3 Å². The van der Waals surface area contributed by atoms with E-state index in [-0.39, 0.29) is 24.3 Å². The second-order valence-electron chi connectivity index (χ2n) is 8.87. The quantitative estimate of drug-likeness (QED) is 0.273. The van der Waals surface area contributed by atoms with Gasteiger partial charge in [-0.2, -0.15) is 0 Å². The summed E-state index contributed by atoms with van der Waals surface area (Å²) in [4.78, 5) is 27.0.